The first kappa shape index (κ1) is 18.7. The fourth-order valence-electron chi connectivity index (χ4n) is 1.97. The van der Waals surface area contributed by atoms with Gasteiger partial charge in [0.2, 0.25) is 5.91 Å². The van der Waals surface area contributed by atoms with Crippen LogP contribution in [0.25, 0.3) is 0 Å². The standard InChI is InChI=1S/C12H24N4O5S/c1-4-21-12(18)16-7-5-15(6-8-16)11(17)9-13-22(19,20)14-10(2)3/h10,13-14H,4-9H2,1-3H3. The van der Waals surface area contributed by atoms with Crippen molar-refractivity contribution in [3.63, 3.8) is 0 Å². The second kappa shape index (κ2) is 8.30. The predicted molar refractivity (Wildman–Crippen MR) is 80.4 cm³/mol. The average molecular weight is 336 g/mol. The lowest BCUT2D eigenvalue weighted by Crippen LogP contribution is -2.53. The Labute approximate surface area is 131 Å². The van der Waals surface area contributed by atoms with E-state index in [-0.39, 0.29) is 18.5 Å². The van der Waals surface area contributed by atoms with Gasteiger partial charge in [0.05, 0.1) is 13.2 Å². The maximum absolute atomic E-state index is 12.0. The normalized spacial score (nSPS) is 16.0. The van der Waals surface area contributed by atoms with Gasteiger partial charge in [-0.2, -0.15) is 17.9 Å². The van der Waals surface area contributed by atoms with E-state index in [0.717, 1.165) is 0 Å². The van der Waals surface area contributed by atoms with Crippen LogP contribution in [0.5, 0.6) is 0 Å². The number of carbonyl (C=O) groups is 2. The third kappa shape index (κ3) is 6.16. The van der Waals surface area contributed by atoms with Crippen molar-refractivity contribution in [2.24, 2.45) is 0 Å². The smallest absolute Gasteiger partial charge is 0.409 e. The first-order chi connectivity index (χ1) is 10.2. The largest absolute Gasteiger partial charge is 0.450 e. The number of nitrogens with one attached hydrogen (secondary N) is 2. The van der Waals surface area contributed by atoms with Crippen LogP contribution in [0, 0.1) is 0 Å². The van der Waals surface area contributed by atoms with Crippen LogP contribution in [0.3, 0.4) is 0 Å². The van der Waals surface area contributed by atoms with Gasteiger partial charge < -0.3 is 14.5 Å². The molecule has 10 heteroatoms. The minimum atomic E-state index is -3.68. The summed E-state index contributed by atoms with van der Waals surface area (Å²) in [5.74, 6) is -0.322. The van der Waals surface area contributed by atoms with E-state index in [0.29, 0.717) is 32.8 Å². The molecule has 0 saturated carbocycles. The van der Waals surface area contributed by atoms with Crippen molar-refractivity contribution in [1.29, 1.82) is 0 Å². The fourth-order valence-corrected chi connectivity index (χ4v) is 2.99. The summed E-state index contributed by atoms with van der Waals surface area (Å²) in [7, 11) is -3.68. The lowest BCUT2D eigenvalue weighted by atomic mass is 10.3. The molecule has 1 aliphatic heterocycles. The van der Waals surface area contributed by atoms with Crippen molar-refractivity contribution < 1.29 is 22.7 Å². The molecule has 0 aromatic carbocycles. The summed E-state index contributed by atoms with van der Waals surface area (Å²) in [6.45, 7) is 6.58. The van der Waals surface area contributed by atoms with E-state index in [4.69, 9.17) is 4.74 Å². The van der Waals surface area contributed by atoms with Gasteiger partial charge in [-0.25, -0.2) is 4.79 Å². The monoisotopic (exact) mass is 336 g/mol. The lowest BCUT2D eigenvalue weighted by molar-refractivity contribution is -0.131. The van der Waals surface area contributed by atoms with E-state index in [1.54, 1.807) is 20.8 Å². The Bertz CT molecular complexity index is 486. The van der Waals surface area contributed by atoms with E-state index in [1.165, 1.54) is 9.80 Å². The summed E-state index contributed by atoms with van der Waals surface area (Å²) in [6, 6.07) is -0.249. The zero-order chi connectivity index (χ0) is 16.8. The van der Waals surface area contributed by atoms with Crippen molar-refractivity contribution in [1.82, 2.24) is 19.2 Å². The summed E-state index contributed by atoms with van der Waals surface area (Å²) < 4.78 is 32.6. The van der Waals surface area contributed by atoms with Crippen LogP contribution in [-0.4, -0.2) is 75.6 Å². The highest BCUT2D eigenvalue weighted by atomic mass is 32.2. The Morgan fingerprint density at radius 3 is 2.18 bits per heavy atom. The van der Waals surface area contributed by atoms with Crippen LogP contribution in [-0.2, 0) is 19.7 Å². The van der Waals surface area contributed by atoms with Crippen molar-refractivity contribution in [2.45, 2.75) is 26.8 Å². The molecule has 0 atom stereocenters. The predicted octanol–water partition coefficient (Wildman–Crippen LogP) is -0.880. The van der Waals surface area contributed by atoms with Crippen LogP contribution in [0.4, 0.5) is 4.79 Å². The highest BCUT2D eigenvalue weighted by Gasteiger charge is 2.25. The number of piperazine rings is 1. The Hall–Kier alpha value is -1.39. The molecule has 2 amide bonds. The molecule has 0 aromatic heterocycles. The second-order valence-corrected chi connectivity index (χ2v) is 6.70. The summed E-state index contributed by atoms with van der Waals surface area (Å²) in [5, 5.41) is 0. The molecule has 1 aliphatic rings. The van der Waals surface area contributed by atoms with Crippen LogP contribution in [0.15, 0.2) is 0 Å². The van der Waals surface area contributed by atoms with Gasteiger partial charge in [0, 0.05) is 32.2 Å². The number of carbonyl (C=O) groups excluding carboxylic acids is 2. The Kier molecular flexibility index (Phi) is 7.04. The third-order valence-electron chi connectivity index (χ3n) is 2.96. The van der Waals surface area contributed by atoms with Crippen LogP contribution >= 0.6 is 0 Å². The van der Waals surface area contributed by atoms with E-state index in [2.05, 4.69) is 9.44 Å². The molecule has 9 nitrogen and oxygen atoms in total. The molecular formula is C12H24N4O5S. The Morgan fingerprint density at radius 2 is 1.68 bits per heavy atom. The molecule has 1 rings (SSSR count). The maximum atomic E-state index is 12.0. The van der Waals surface area contributed by atoms with Gasteiger partial charge in [-0.15, -0.1) is 0 Å². The van der Waals surface area contributed by atoms with Crippen molar-refractivity contribution in [3.8, 4) is 0 Å². The van der Waals surface area contributed by atoms with Crippen LogP contribution in [0.2, 0.25) is 0 Å². The van der Waals surface area contributed by atoms with E-state index >= 15 is 0 Å². The minimum Gasteiger partial charge on any atom is -0.450 e. The average Bonchev–Trinajstić information content (AvgIpc) is 2.44. The van der Waals surface area contributed by atoms with Gasteiger partial charge in [0.25, 0.3) is 10.2 Å². The quantitative estimate of drug-likeness (QED) is 0.655. The van der Waals surface area contributed by atoms with E-state index in [9.17, 15) is 18.0 Å². The van der Waals surface area contributed by atoms with Crippen molar-refractivity contribution in [3.05, 3.63) is 0 Å². The number of amides is 2. The summed E-state index contributed by atoms with van der Waals surface area (Å²) in [4.78, 5) is 26.6. The zero-order valence-electron chi connectivity index (χ0n) is 13.2. The molecule has 2 N–H and O–H groups in total. The molecule has 128 valence electrons. The van der Waals surface area contributed by atoms with Crippen molar-refractivity contribution in [2.75, 3.05) is 39.3 Å². The SMILES string of the molecule is CCOC(=O)N1CCN(C(=O)CNS(=O)(=O)NC(C)C)CC1. The number of hydrogen-bond acceptors (Lipinski definition) is 5. The summed E-state index contributed by atoms with van der Waals surface area (Å²) in [6.07, 6.45) is -0.392. The molecule has 22 heavy (non-hydrogen) atoms. The summed E-state index contributed by atoms with van der Waals surface area (Å²) in [5.41, 5.74) is 0. The lowest BCUT2D eigenvalue weighted by Gasteiger charge is -2.34. The van der Waals surface area contributed by atoms with Gasteiger partial charge in [0.1, 0.15) is 0 Å². The van der Waals surface area contributed by atoms with Crippen LogP contribution < -0.4 is 9.44 Å². The number of ether oxygens (including phenoxy) is 1. The maximum Gasteiger partial charge on any atom is 0.409 e. The number of rotatable bonds is 6. The molecule has 1 heterocycles. The van der Waals surface area contributed by atoms with E-state index < -0.39 is 16.3 Å². The number of hydrogen-bond donors (Lipinski definition) is 2. The first-order valence-corrected chi connectivity index (χ1v) is 8.70. The van der Waals surface area contributed by atoms with E-state index in [1.807, 2.05) is 0 Å². The molecule has 0 unspecified atom stereocenters. The topological polar surface area (TPSA) is 108 Å². The Morgan fingerprint density at radius 1 is 1.14 bits per heavy atom. The van der Waals surface area contributed by atoms with Crippen molar-refractivity contribution >= 4 is 22.2 Å². The molecule has 0 aliphatic carbocycles. The molecule has 1 saturated heterocycles. The molecular weight excluding hydrogens is 312 g/mol. The highest BCUT2D eigenvalue weighted by molar-refractivity contribution is 7.87. The van der Waals surface area contributed by atoms with Gasteiger partial charge in [-0.05, 0) is 20.8 Å². The Balaban J connectivity index is 2.38. The molecule has 0 aromatic rings. The zero-order valence-corrected chi connectivity index (χ0v) is 14.0. The van der Waals surface area contributed by atoms with Gasteiger partial charge in [-0.1, -0.05) is 0 Å². The molecule has 1 fully saturated rings. The van der Waals surface area contributed by atoms with Gasteiger partial charge in [0.15, 0.2) is 0 Å². The number of nitrogens with zero attached hydrogens (tertiary/aromatic N) is 2. The molecule has 0 spiro atoms. The minimum absolute atomic E-state index is 0.249. The molecule has 0 radical (unpaired) electrons. The van der Waals surface area contributed by atoms with Gasteiger partial charge >= 0.3 is 6.09 Å². The van der Waals surface area contributed by atoms with Crippen LogP contribution in [0.1, 0.15) is 20.8 Å². The fraction of sp³-hybridized carbons (Fsp3) is 0.833. The summed E-state index contributed by atoms with van der Waals surface area (Å²) >= 11 is 0. The van der Waals surface area contributed by atoms with Gasteiger partial charge in [-0.3, -0.25) is 4.79 Å². The highest BCUT2D eigenvalue weighted by Crippen LogP contribution is 2.04. The second-order valence-electron chi connectivity index (χ2n) is 5.16. The third-order valence-corrected chi connectivity index (χ3v) is 4.27. The molecule has 0 bridgehead atoms. The first-order valence-electron chi connectivity index (χ1n) is 7.21.